The molecule has 0 fully saturated rings. The minimum absolute atomic E-state index is 0.871. The number of hydrogen-bond acceptors (Lipinski definition) is 4. The first-order valence-corrected chi connectivity index (χ1v) is 13.3. The van der Waals surface area contributed by atoms with E-state index in [-0.39, 0.29) is 0 Å². The van der Waals surface area contributed by atoms with Crippen LogP contribution < -0.4 is 0 Å². The minimum Gasteiger partial charge on any atom is -0.263 e. The maximum atomic E-state index is 5.24. The van der Waals surface area contributed by atoms with Gasteiger partial charge in [0.15, 0.2) is 0 Å². The monoisotopic (exact) mass is 510 g/mol. The summed E-state index contributed by atoms with van der Waals surface area (Å²) in [6, 6.07) is 35.7. The second kappa shape index (κ2) is 9.07. The van der Waals surface area contributed by atoms with E-state index < -0.39 is 0 Å². The molecule has 0 radical (unpaired) electrons. The highest BCUT2D eigenvalue weighted by atomic mass is 14.8. The molecule has 4 heterocycles. The van der Waals surface area contributed by atoms with Gasteiger partial charge < -0.3 is 0 Å². The molecule has 0 atom stereocenters. The smallest absolute Gasteiger partial charge is 0.0978 e. The third-order valence-corrected chi connectivity index (χ3v) is 7.68. The number of fused-ring (bicyclic) bond motifs is 5. The largest absolute Gasteiger partial charge is 0.263 e. The summed E-state index contributed by atoms with van der Waals surface area (Å²) in [5, 5.41) is 6.64. The van der Waals surface area contributed by atoms with Gasteiger partial charge in [-0.05, 0) is 34.0 Å². The van der Waals surface area contributed by atoms with E-state index >= 15 is 0 Å². The van der Waals surface area contributed by atoms with Crippen molar-refractivity contribution < 1.29 is 0 Å². The topological polar surface area (TPSA) is 51.6 Å². The number of rotatable bonds is 3. The molecule has 8 aromatic rings. The maximum Gasteiger partial charge on any atom is 0.0978 e. The van der Waals surface area contributed by atoms with Gasteiger partial charge >= 0.3 is 0 Å². The van der Waals surface area contributed by atoms with Crippen LogP contribution in [0.2, 0.25) is 0 Å². The normalized spacial score (nSPS) is 11.5. The Morgan fingerprint density at radius 3 is 1.73 bits per heavy atom. The van der Waals surface area contributed by atoms with Crippen LogP contribution >= 0.6 is 0 Å². The zero-order valence-corrected chi connectivity index (χ0v) is 21.5. The molecule has 0 saturated heterocycles. The standard InChI is InChI=1S/C36H22N4/c1-2-8-23(9-3-1)34-18-31(33-22-38-20-25-11-5-7-13-27(25)33)30-15-14-29-28(16-17-39-35(29)36(30)40-34)32-21-37-19-24-10-4-6-12-26(24)32/h1-22H. The zero-order valence-electron chi connectivity index (χ0n) is 21.5. The molecule has 0 amide bonds. The van der Waals surface area contributed by atoms with Crippen LogP contribution in [-0.2, 0) is 0 Å². The number of nitrogens with zero attached hydrogens (tertiary/aromatic N) is 4. The summed E-state index contributed by atoms with van der Waals surface area (Å²) in [5.74, 6) is 0. The van der Waals surface area contributed by atoms with Gasteiger partial charge in [0.1, 0.15) is 0 Å². The van der Waals surface area contributed by atoms with Crippen LogP contribution in [0.25, 0.3) is 76.9 Å². The van der Waals surface area contributed by atoms with E-state index in [9.17, 15) is 0 Å². The van der Waals surface area contributed by atoms with Crippen LogP contribution in [0.15, 0.2) is 134 Å². The summed E-state index contributed by atoms with van der Waals surface area (Å²) in [4.78, 5) is 19.3. The van der Waals surface area contributed by atoms with E-state index in [1.807, 2.05) is 55.2 Å². The molecule has 40 heavy (non-hydrogen) atoms. The second-order valence-electron chi connectivity index (χ2n) is 9.95. The minimum atomic E-state index is 0.871. The lowest BCUT2D eigenvalue weighted by atomic mass is 9.93. The highest BCUT2D eigenvalue weighted by Gasteiger charge is 2.17. The van der Waals surface area contributed by atoms with Crippen molar-refractivity contribution in [3.05, 3.63) is 134 Å². The van der Waals surface area contributed by atoms with Crippen molar-refractivity contribution in [1.29, 1.82) is 0 Å². The van der Waals surface area contributed by atoms with Crippen molar-refractivity contribution in [2.45, 2.75) is 0 Å². The van der Waals surface area contributed by atoms with Crippen LogP contribution in [-0.4, -0.2) is 19.9 Å². The molecular formula is C36H22N4. The summed E-state index contributed by atoms with van der Waals surface area (Å²) in [6.07, 6.45) is 9.62. The summed E-state index contributed by atoms with van der Waals surface area (Å²) >= 11 is 0. The number of hydrogen-bond donors (Lipinski definition) is 0. The van der Waals surface area contributed by atoms with E-state index in [0.717, 1.165) is 71.5 Å². The van der Waals surface area contributed by atoms with Crippen LogP contribution in [0.5, 0.6) is 0 Å². The number of pyridine rings is 4. The highest BCUT2D eigenvalue weighted by molar-refractivity contribution is 6.15. The lowest BCUT2D eigenvalue weighted by Crippen LogP contribution is -1.95. The maximum absolute atomic E-state index is 5.24. The summed E-state index contributed by atoms with van der Waals surface area (Å²) in [7, 11) is 0. The van der Waals surface area contributed by atoms with Crippen molar-refractivity contribution in [2.75, 3.05) is 0 Å². The van der Waals surface area contributed by atoms with E-state index in [1.165, 1.54) is 5.39 Å². The fourth-order valence-electron chi connectivity index (χ4n) is 5.78. The molecule has 4 aromatic heterocycles. The Kier molecular flexibility index (Phi) is 5.10. The van der Waals surface area contributed by atoms with Crippen LogP contribution in [0.3, 0.4) is 0 Å². The summed E-state index contributed by atoms with van der Waals surface area (Å²) in [6.45, 7) is 0. The second-order valence-corrected chi connectivity index (χ2v) is 9.95. The van der Waals surface area contributed by atoms with Gasteiger partial charge in [0.25, 0.3) is 0 Å². The summed E-state index contributed by atoms with van der Waals surface area (Å²) < 4.78 is 0. The fourth-order valence-corrected chi connectivity index (χ4v) is 5.78. The molecule has 0 bridgehead atoms. The SMILES string of the molecule is c1ccc(-c2cc(-c3cncc4ccccc34)c3ccc4c(-c5cncc6ccccc56)ccnc4c3n2)cc1. The predicted octanol–water partition coefficient (Wildman–Crippen LogP) is 8.88. The third-order valence-electron chi connectivity index (χ3n) is 7.68. The zero-order chi connectivity index (χ0) is 26.5. The molecule has 4 nitrogen and oxygen atoms in total. The quantitative estimate of drug-likeness (QED) is 0.223. The van der Waals surface area contributed by atoms with Crippen molar-refractivity contribution in [2.24, 2.45) is 0 Å². The molecule has 0 N–H and O–H groups in total. The molecule has 0 saturated carbocycles. The van der Waals surface area contributed by atoms with Gasteiger partial charge in [0.05, 0.1) is 16.7 Å². The Labute approximate surface area is 230 Å². The van der Waals surface area contributed by atoms with Crippen molar-refractivity contribution in [3.8, 4) is 33.5 Å². The van der Waals surface area contributed by atoms with Crippen LogP contribution in [0.4, 0.5) is 0 Å². The average molecular weight is 511 g/mol. The molecular weight excluding hydrogens is 488 g/mol. The Bertz CT molecular complexity index is 2210. The highest BCUT2D eigenvalue weighted by Crippen LogP contribution is 2.40. The molecule has 0 aliphatic carbocycles. The Morgan fingerprint density at radius 1 is 0.425 bits per heavy atom. The van der Waals surface area contributed by atoms with Crippen molar-refractivity contribution in [1.82, 2.24) is 19.9 Å². The number of benzene rings is 4. The van der Waals surface area contributed by atoms with Gasteiger partial charge in [-0.1, -0.05) is 91.0 Å². The van der Waals surface area contributed by atoms with Gasteiger partial charge in [0, 0.05) is 69.2 Å². The molecule has 8 rings (SSSR count). The van der Waals surface area contributed by atoms with E-state index in [2.05, 4.69) is 88.8 Å². The van der Waals surface area contributed by atoms with Gasteiger partial charge in [-0.3, -0.25) is 15.0 Å². The molecule has 0 spiro atoms. The van der Waals surface area contributed by atoms with Crippen LogP contribution in [0.1, 0.15) is 0 Å². The van der Waals surface area contributed by atoms with Crippen molar-refractivity contribution >= 4 is 43.4 Å². The Morgan fingerprint density at radius 2 is 1.02 bits per heavy atom. The molecule has 0 aliphatic heterocycles. The Balaban J connectivity index is 1.48. The first-order chi connectivity index (χ1) is 19.8. The van der Waals surface area contributed by atoms with Crippen LogP contribution in [0, 0.1) is 0 Å². The molecule has 186 valence electrons. The fraction of sp³-hybridized carbons (Fsp3) is 0. The lowest BCUT2D eigenvalue weighted by molar-refractivity contribution is 1.34. The average Bonchev–Trinajstić information content (AvgIpc) is 3.04. The first kappa shape index (κ1) is 22.5. The summed E-state index contributed by atoms with van der Waals surface area (Å²) in [5.41, 5.74) is 8.06. The van der Waals surface area contributed by atoms with Gasteiger partial charge in [-0.15, -0.1) is 0 Å². The first-order valence-electron chi connectivity index (χ1n) is 13.3. The molecule has 0 aliphatic rings. The molecule has 4 aromatic carbocycles. The van der Waals surface area contributed by atoms with Gasteiger partial charge in [0.2, 0.25) is 0 Å². The lowest BCUT2D eigenvalue weighted by Gasteiger charge is -2.15. The van der Waals surface area contributed by atoms with E-state index in [4.69, 9.17) is 9.97 Å². The van der Waals surface area contributed by atoms with Gasteiger partial charge in [-0.2, -0.15) is 0 Å². The number of aromatic nitrogens is 4. The van der Waals surface area contributed by atoms with E-state index in [0.29, 0.717) is 0 Å². The van der Waals surface area contributed by atoms with Gasteiger partial charge in [-0.25, -0.2) is 4.98 Å². The Hall–Kier alpha value is -5.48. The predicted molar refractivity (Wildman–Crippen MR) is 164 cm³/mol. The van der Waals surface area contributed by atoms with Crippen molar-refractivity contribution in [3.63, 3.8) is 0 Å². The molecule has 0 unspecified atom stereocenters. The molecule has 4 heteroatoms. The third kappa shape index (κ3) is 3.54. The van der Waals surface area contributed by atoms with E-state index in [1.54, 1.807) is 0 Å².